The van der Waals surface area contributed by atoms with Crippen molar-refractivity contribution in [2.45, 2.75) is 20.8 Å². The van der Waals surface area contributed by atoms with Gasteiger partial charge in [0.25, 0.3) is 0 Å². The molecule has 0 aliphatic rings. The Bertz CT molecular complexity index is 351. The molecule has 1 N–H and O–H groups in total. The molecule has 0 saturated heterocycles. The lowest BCUT2D eigenvalue weighted by Gasteiger charge is -2.15. The second kappa shape index (κ2) is 9.19. The van der Waals surface area contributed by atoms with Crippen LogP contribution in [0.4, 0.5) is 0 Å². The summed E-state index contributed by atoms with van der Waals surface area (Å²) in [5, 5.41) is 2.94. The highest BCUT2D eigenvalue weighted by Crippen LogP contribution is 2.13. The van der Waals surface area contributed by atoms with Crippen LogP contribution in [0.1, 0.15) is 20.8 Å². The number of allylic oxidation sites excluding steroid dienone is 2. The fourth-order valence-electron chi connectivity index (χ4n) is 1.27. The van der Waals surface area contributed by atoms with Crippen LogP contribution in [0.3, 0.4) is 0 Å². The largest absolute Gasteiger partial charge is 0.459 e. The van der Waals surface area contributed by atoms with Gasteiger partial charge < -0.3 is 15.0 Å². The third-order valence-corrected chi connectivity index (χ3v) is 2.78. The van der Waals surface area contributed by atoms with Crippen LogP contribution in [0.5, 0.6) is 0 Å². The molecule has 0 bridgehead atoms. The van der Waals surface area contributed by atoms with E-state index in [2.05, 4.69) is 17.0 Å². The first kappa shape index (κ1) is 17.2. The van der Waals surface area contributed by atoms with E-state index in [1.165, 1.54) is 11.9 Å². The van der Waals surface area contributed by atoms with Crippen LogP contribution in [-0.2, 0) is 14.3 Å². The smallest absolute Gasteiger partial charge is 0.397 e. The molecule has 0 saturated carbocycles. The Labute approximate surface area is 115 Å². The molecule has 0 radical (unpaired) electrons. The third kappa shape index (κ3) is 6.64. The molecule has 2 atom stereocenters. The molecule has 0 aromatic rings. The number of nitrogens with zero attached hydrogens (tertiary/aromatic N) is 1. The number of likely N-dealkylation sites (N-methyl/N-ethyl adjacent to an activating group) is 1. The number of rotatable bonds is 6. The molecule has 1 amide bonds. The second-order valence-corrected chi connectivity index (χ2v) is 4.34. The summed E-state index contributed by atoms with van der Waals surface area (Å²) in [6.45, 7) is 5.99. The molecule has 0 rings (SSSR count). The summed E-state index contributed by atoms with van der Waals surface area (Å²) in [5.74, 6) is -0.911. The average molecular weight is 268 g/mol. The van der Waals surface area contributed by atoms with Gasteiger partial charge in [-0.15, -0.1) is 0 Å². The van der Waals surface area contributed by atoms with E-state index in [1.807, 2.05) is 32.3 Å². The molecule has 0 aromatic carbocycles. The Morgan fingerprint density at radius 2 is 1.84 bits per heavy atom. The van der Waals surface area contributed by atoms with E-state index in [9.17, 15) is 9.59 Å². The van der Waals surface area contributed by atoms with Gasteiger partial charge in [0.15, 0.2) is 0 Å². The van der Waals surface area contributed by atoms with Crippen molar-refractivity contribution in [3.8, 4) is 0 Å². The van der Waals surface area contributed by atoms with E-state index >= 15 is 0 Å². The number of esters is 1. The van der Waals surface area contributed by atoms with Crippen molar-refractivity contribution < 1.29 is 14.3 Å². The summed E-state index contributed by atoms with van der Waals surface area (Å²) < 4.78 is 4.65. The minimum Gasteiger partial charge on any atom is -0.459 e. The van der Waals surface area contributed by atoms with Crippen molar-refractivity contribution in [3.63, 3.8) is 0 Å². The summed E-state index contributed by atoms with van der Waals surface area (Å²) in [5.41, 5.74) is 0. The fraction of sp³-hybridized carbons (Fsp3) is 0.571. The van der Waals surface area contributed by atoms with Crippen LogP contribution in [0.25, 0.3) is 0 Å². The maximum absolute atomic E-state index is 11.6. The molecule has 0 aromatic heterocycles. The standard InChI is InChI=1S/C14H24N2O3/c1-6-19-14(18)13(17)16(5)10-8-12(3)11(2)7-9-15-4/h7-12,15H,6H2,1-5H3/b9-7+,10-8+. The topological polar surface area (TPSA) is 58.6 Å². The second-order valence-electron chi connectivity index (χ2n) is 4.34. The molecule has 0 aliphatic carbocycles. The van der Waals surface area contributed by atoms with Crippen LogP contribution >= 0.6 is 0 Å². The molecule has 5 nitrogen and oxygen atoms in total. The Kier molecular flexibility index (Phi) is 8.33. The third-order valence-electron chi connectivity index (χ3n) is 2.78. The Hall–Kier alpha value is -1.78. The van der Waals surface area contributed by atoms with Crippen molar-refractivity contribution in [2.75, 3.05) is 20.7 Å². The Morgan fingerprint density at radius 3 is 2.37 bits per heavy atom. The van der Waals surface area contributed by atoms with E-state index in [1.54, 1.807) is 13.1 Å². The summed E-state index contributed by atoms with van der Waals surface area (Å²) >= 11 is 0. The highest BCUT2D eigenvalue weighted by molar-refractivity contribution is 6.32. The molecule has 0 fully saturated rings. The molecule has 0 heterocycles. The zero-order chi connectivity index (χ0) is 14.8. The van der Waals surface area contributed by atoms with E-state index in [0.29, 0.717) is 5.92 Å². The summed E-state index contributed by atoms with van der Waals surface area (Å²) in [7, 11) is 3.38. The molecular formula is C14H24N2O3. The SMILES string of the molecule is CCOC(=O)C(=O)N(C)/C=C/C(C)C(C)/C=C/NC. The van der Waals surface area contributed by atoms with E-state index in [0.717, 1.165) is 0 Å². The Morgan fingerprint density at radius 1 is 1.26 bits per heavy atom. The maximum Gasteiger partial charge on any atom is 0.397 e. The number of carbonyl (C=O) groups is 2. The summed E-state index contributed by atoms with van der Waals surface area (Å²) in [6, 6.07) is 0. The summed E-state index contributed by atoms with van der Waals surface area (Å²) in [4.78, 5) is 24.0. The number of ether oxygens (including phenoxy) is 1. The normalized spacial score (nSPS) is 14.4. The first-order valence-corrected chi connectivity index (χ1v) is 6.40. The van der Waals surface area contributed by atoms with Gasteiger partial charge >= 0.3 is 11.9 Å². The zero-order valence-electron chi connectivity index (χ0n) is 12.3. The predicted molar refractivity (Wildman–Crippen MR) is 75.1 cm³/mol. The predicted octanol–water partition coefficient (Wildman–Crippen LogP) is 1.53. The molecule has 19 heavy (non-hydrogen) atoms. The maximum atomic E-state index is 11.6. The van der Waals surface area contributed by atoms with Crippen molar-refractivity contribution in [3.05, 3.63) is 24.6 Å². The number of hydrogen-bond donors (Lipinski definition) is 1. The van der Waals surface area contributed by atoms with Gasteiger partial charge in [-0.2, -0.15) is 0 Å². The van der Waals surface area contributed by atoms with Crippen molar-refractivity contribution >= 4 is 11.9 Å². The zero-order valence-corrected chi connectivity index (χ0v) is 12.3. The fourth-order valence-corrected chi connectivity index (χ4v) is 1.27. The van der Waals surface area contributed by atoms with E-state index < -0.39 is 11.9 Å². The summed E-state index contributed by atoms with van der Waals surface area (Å²) in [6.07, 6.45) is 7.42. The van der Waals surface area contributed by atoms with Crippen LogP contribution in [-0.4, -0.2) is 37.5 Å². The quantitative estimate of drug-likeness (QED) is 0.586. The van der Waals surface area contributed by atoms with Crippen molar-refractivity contribution in [1.82, 2.24) is 10.2 Å². The van der Waals surface area contributed by atoms with Gasteiger partial charge in [0.2, 0.25) is 0 Å². The molecule has 5 heteroatoms. The number of amides is 1. The lowest BCUT2D eigenvalue weighted by molar-refractivity contribution is -0.157. The number of nitrogens with one attached hydrogen (secondary N) is 1. The molecular weight excluding hydrogens is 244 g/mol. The van der Waals surface area contributed by atoms with Gasteiger partial charge in [-0.05, 0) is 25.0 Å². The van der Waals surface area contributed by atoms with Crippen LogP contribution in [0.2, 0.25) is 0 Å². The van der Waals surface area contributed by atoms with E-state index in [-0.39, 0.29) is 12.5 Å². The number of carbonyl (C=O) groups excluding carboxylic acids is 2. The highest BCUT2D eigenvalue weighted by Gasteiger charge is 2.18. The first-order chi connectivity index (χ1) is 8.93. The first-order valence-electron chi connectivity index (χ1n) is 6.40. The average Bonchev–Trinajstić information content (AvgIpc) is 2.40. The van der Waals surface area contributed by atoms with Gasteiger partial charge in [0.1, 0.15) is 0 Å². The van der Waals surface area contributed by atoms with Gasteiger partial charge in [0.05, 0.1) is 6.61 Å². The van der Waals surface area contributed by atoms with Gasteiger partial charge in [-0.3, -0.25) is 4.79 Å². The molecule has 0 aliphatic heterocycles. The highest BCUT2D eigenvalue weighted by atomic mass is 16.5. The minimum atomic E-state index is -0.828. The van der Waals surface area contributed by atoms with Gasteiger partial charge in [-0.1, -0.05) is 26.0 Å². The van der Waals surface area contributed by atoms with Gasteiger partial charge in [0, 0.05) is 20.3 Å². The number of hydrogen-bond acceptors (Lipinski definition) is 4. The monoisotopic (exact) mass is 268 g/mol. The Balaban J connectivity index is 4.42. The van der Waals surface area contributed by atoms with Crippen LogP contribution in [0, 0.1) is 11.8 Å². The molecule has 2 unspecified atom stereocenters. The lowest BCUT2D eigenvalue weighted by Crippen LogP contribution is -2.30. The van der Waals surface area contributed by atoms with Crippen LogP contribution in [0.15, 0.2) is 24.6 Å². The molecule has 0 spiro atoms. The van der Waals surface area contributed by atoms with E-state index in [4.69, 9.17) is 0 Å². The minimum absolute atomic E-state index is 0.199. The lowest BCUT2D eigenvalue weighted by atomic mass is 9.96. The van der Waals surface area contributed by atoms with Crippen LogP contribution < -0.4 is 5.32 Å². The van der Waals surface area contributed by atoms with Crippen molar-refractivity contribution in [2.24, 2.45) is 11.8 Å². The van der Waals surface area contributed by atoms with Crippen molar-refractivity contribution in [1.29, 1.82) is 0 Å². The molecule has 108 valence electrons. The van der Waals surface area contributed by atoms with Gasteiger partial charge in [-0.25, -0.2) is 4.79 Å².